The molecule has 1 aliphatic rings. The summed E-state index contributed by atoms with van der Waals surface area (Å²) in [5.41, 5.74) is 3.20. The standard InChI is InChI=1S/C29H44O8/c1-6-18(4)10-12-20-14-23(30)22(13-11-19(5)9-7-8-17(2)3)27(24(20)28(33)34)36-15-21-16-37-29(35)26(32)25(21)31/h8,11,14,18,21,25-26,29-32,35H,6-7,9-10,12-13,15-16H2,1-5H3,(H,33,34)/b19-11+/t18?,21-,25+,26-,29-/m0/s1. The van der Waals surface area contributed by atoms with Crippen molar-refractivity contribution in [2.24, 2.45) is 11.8 Å². The number of phenolic OH excluding ortho intramolecular Hbond substituents is 1. The van der Waals surface area contributed by atoms with Crippen LogP contribution in [0.15, 0.2) is 29.4 Å². The van der Waals surface area contributed by atoms with Crippen LogP contribution in [-0.2, 0) is 17.6 Å². The molecule has 1 unspecified atom stereocenters. The van der Waals surface area contributed by atoms with Crippen LogP contribution in [0.1, 0.15) is 81.8 Å². The van der Waals surface area contributed by atoms with Crippen molar-refractivity contribution in [1.29, 1.82) is 0 Å². The summed E-state index contributed by atoms with van der Waals surface area (Å²) >= 11 is 0. The van der Waals surface area contributed by atoms with Gasteiger partial charge in [0.2, 0.25) is 0 Å². The molecule has 208 valence electrons. The van der Waals surface area contributed by atoms with E-state index in [1.807, 2.05) is 26.8 Å². The molecule has 1 fully saturated rings. The van der Waals surface area contributed by atoms with E-state index >= 15 is 0 Å². The summed E-state index contributed by atoms with van der Waals surface area (Å²) in [6.07, 6.45) is 4.02. The Bertz CT molecular complexity index is 963. The summed E-state index contributed by atoms with van der Waals surface area (Å²) in [5, 5.41) is 51.1. The van der Waals surface area contributed by atoms with Gasteiger partial charge < -0.3 is 35.0 Å². The molecule has 5 atom stereocenters. The van der Waals surface area contributed by atoms with Crippen LogP contribution in [0.4, 0.5) is 0 Å². The second kappa shape index (κ2) is 14.5. The van der Waals surface area contributed by atoms with Gasteiger partial charge in [0.1, 0.15) is 23.2 Å². The lowest BCUT2D eigenvalue weighted by atomic mass is 9.92. The molecule has 0 radical (unpaired) electrons. The molecule has 1 aromatic carbocycles. The van der Waals surface area contributed by atoms with Crippen LogP contribution in [-0.4, -0.2) is 63.2 Å². The Morgan fingerprint density at radius 1 is 1.19 bits per heavy atom. The Morgan fingerprint density at radius 2 is 1.89 bits per heavy atom. The average Bonchev–Trinajstić information content (AvgIpc) is 2.84. The Hall–Kier alpha value is -2.39. The molecule has 0 amide bonds. The van der Waals surface area contributed by atoms with Crippen LogP contribution in [0.25, 0.3) is 0 Å². The van der Waals surface area contributed by atoms with Gasteiger partial charge in [-0.3, -0.25) is 0 Å². The molecule has 1 saturated heterocycles. The Balaban J connectivity index is 2.42. The van der Waals surface area contributed by atoms with Gasteiger partial charge in [-0.05, 0) is 70.4 Å². The number of allylic oxidation sites excluding steroid dienone is 4. The molecule has 2 rings (SSSR count). The minimum absolute atomic E-state index is 0.00139. The van der Waals surface area contributed by atoms with E-state index in [2.05, 4.69) is 19.9 Å². The van der Waals surface area contributed by atoms with Gasteiger partial charge in [-0.15, -0.1) is 0 Å². The minimum Gasteiger partial charge on any atom is -0.508 e. The molecule has 8 heteroatoms. The maximum absolute atomic E-state index is 12.4. The van der Waals surface area contributed by atoms with E-state index in [1.165, 1.54) is 11.6 Å². The van der Waals surface area contributed by atoms with E-state index in [-0.39, 0.29) is 36.7 Å². The monoisotopic (exact) mass is 520 g/mol. The summed E-state index contributed by atoms with van der Waals surface area (Å²) in [6, 6.07) is 1.53. The molecule has 1 heterocycles. The molecule has 5 N–H and O–H groups in total. The van der Waals surface area contributed by atoms with Crippen LogP contribution < -0.4 is 4.74 Å². The number of carboxylic acid groups (broad SMARTS) is 1. The maximum atomic E-state index is 12.4. The molecule has 1 aromatic rings. The number of rotatable bonds is 13. The van der Waals surface area contributed by atoms with Gasteiger partial charge in [-0.25, -0.2) is 4.79 Å². The van der Waals surface area contributed by atoms with Crippen LogP contribution in [0.3, 0.4) is 0 Å². The highest BCUT2D eigenvalue weighted by Gasteiger charge is 2.38. The Kier molecular flexibility index (Phi) is 12.1. The fourth-order valence-electron chi connectivity index (χ4n) is 4.30. The highest BCUT2D eigenvalue weighted by atomic mass is 16.6. The fraction of sp³-hybridized carbons (Fsp3) is 0.621. The largest absolute Gasteiger partial charge is 0.508 e. The number of aliphatic hydroxyl groups excluding tert-OH is 3. The summed E-state index contributed by atoms with van der Waals surface area (Å²) in [7, 11) is 0. The lowest BCUT2D eigenvalue weighted by molar-refractivity contribution is -0.242. The zero-order valence-corrected chi connectivity index (χ0v) is 22.7. The van der Waals surface area contributed by atoms with Gasteiger partial charge in [0.15, 0.2) is 6.29 Å². The number of carboxylic acids is 1. The lowest BCUT2D eigenvalue weighted by Crippen LogP contribution is -2.51. The molecule has 1 aliphatic heterocycles. The topological polar surface area (TPSA) is 137 Å². The third kappa shape index (κ3) is 8.85. The van der Waals surface area contributed by atoms with Crippen molar-refractivity contribution < 1.29 is 39.8 Å². The zero-order chi connectivity index (χ0) is 27.7. The molecule has 0 saturated carbocycles. The van der Waals surface area contributed by atoms with Gasteiger partial charge in [0.05, 0.1) is 19.3 Å². The highest BCUT2D eigenvalue weighted by molar-refractivity contribution is 5.94. The van der Waals surface area contributed by atoms with Crippen LogP contribution in [0.2, 0.25) is 0 Å². The fourth-order valence-corrected chi connectivity index (χ4v) is 4.30. The van der Waals surface area contributed by atoms with E-state index in [9.17, 15) is 30.3 Å². The number of aromatic hydroxyl groups is 1. The van der Waals surface area contributed by atoms with Gasteiger partial charge >= 0.3 is 5.97 Å². The number of hydrogen-bond acceptors (Lipinski definition) is 7. The number of hydrogen-bond donors (Lipinski definition) is 5. The molecule has 0 aromatic heterocycles. The van der Waals surface area contributed by atoms with Crippen LogP contribution in [0.5, 0.6) is 11.5 Å². The molecule has 0 spiro atoms. The quantitative estimate of drug-likeness (QED) is 0.242. The number of ether oxygens (including phenoxy) is 2. The van der Waals surface area contributed by atoms with Crippen molar-refractivity contribution in [2.45, 2.75) is 91.6 Å². The van der Waals surface area contributed by atoms with Gasteiger partial charge in [-0.1, -0.05) is 43.6 Å². The summed E-state index contributed by atoms with van der Waals surface area (Å²) in [4.78, 5) is 12.4. The highest BCUT2D eigenvalue weighted by Crippen LogP contribution is 2.37. The van der Waals surface area contributed by atoms with Crippen molar-refractivity contribution in [3.05, 3.63) is 46.1 Å². The van der Waals surface area contributed by atoms with Crippen LogP contribution >= 0.6 is 0 Å². The first-order valence-corrected chi connectivity index (χ1v) is 13.1. The molecule has 37 heavy (non-hydrogen) atoms. The van der Waals surface area contributed by atoms with Gasteiger partial charge in [0, 0.05) is 11.5 Å². The SMILES string of the molecule is CCC(C)CCc1cc(O)c(C/C=C(\C)CCC=C(C)C)c(OC[C@H]2CO[C@H](O)[C@@H](O)[C@@H]2O)c1C(=O)O. The van der Waals surface area contributed by atoms with E-state index in [0.29, 0.717) is 23.5 Å². The minimum atomic E-state index is -1.50. The average molecular weight is 521 g/mol. The molecule has 8 nitrogen and oxygen atoms in total. The first kappa shape index (κ1) is 30.8. The number of phenols is 1. The third-order valence-corrected chi connectivity index (χ3v) is 7.05. The van der Waals surface area contributed by atoms with E-state index in [1.54, 1.807) is 0 Å². The van der Waals surface area contributed by atoms with Crippen molar-refractivity contribution in [3.8, 4) is 11.5 Å². The lowest BCUT2D eigenvalue weighted by Gasteiger charge is -2.35. The van der Waals surface area contributed by atoms with Crippen molar-refractivity contribution in [2.75, 3.05) is 13.2 Å². The van der Waals surface area contributed by atoms with E-state index in [4.69, 9.17) is 9.47 Å². The van der Waals surface area contributed by atoms with Gasteiger partial charge in [0.25, 0.3) is 0 Å². The normalized spacial score (nSPS) is 23.0. The maximum Gasteiger partial charge on any atom is 0.339 e. The number of aryl methyl sites for hydroxylation is 1. The second-order valence-corrected chi connectivity index (χ2v) is 10.4. The molecule has 0 aliphatic carbocycles. The second-order valence-electron chi connectivity index (χ2n) is 10.4. The number of aromatic carboxylic acids is 1. The molecular formula is C29H44O8. The summed E-state index contributed by atoms with van der Waals surface area (Å²) in [6.45, 7) is 10.0. The Labute approximate surface area is 220 Å². The Morgan fingerprint density at radius 3 is 2.51 bits per heavy atom. The van der Waals surface area contributed by atoms with E-state index < -0.39 is 30.4 Å². The zero-order valence-electron chi connectivity index (χ0n) is 22.7. The van der Waals surface area contributed by atoms with Crippen LogP contribution in [0, 0.1) is 11.8 Å². The number of carbonyl (C=O) groups is 1. The van der Waals surface area contributed by atoms with Crippen molar-refractivity contribution in [3.63, 3.8) is 0 Å². The summed E-state index contributed by atoms with van der Waals surface area (Å²) < 4.78 is 11.1. The third-order valence-electron chi connectivity index (χ3n) is 7.05. The number of benzene rings is 1. The van der Waals surface area contributed by atoms with E-state index in [0.717, 1.165) is 31.3 Å². The first-order valence-electron chi connectivity index (χ1n) is 13.1. The number of aliphatic hydroxyl groups is 3. The smallest absolute Gasteiger partial charge is 0.339 e. The predicted molar refractivity (Wildman–Crippen MR) is 142 cm³/mol. The predicted octanol–water partition coefficient (Wildman–Crippen LogP) is 4.37. The molecular weight excluding hydrogens is 476 g/mol. The summed E-state index contributed by atoms with van der Waals surface area (Å²) in [5.74, 6) is -1.44. The van der Waals surface area contributed by atoms with Crippen molar-refractivity contribution >= 4 is 5.97 Å². The molecule has 0 bridgehead atoms. The van der Waals surface area contributed by atoms with Crippen molar-refractivity contribution in [1.82, 2.24) is 0 Å². The van der Waals surface area contributed by atoms with Gasteiger partial charge in [-0.2, -0.15) is 0 Å². The first-order chi connectivity index (χ1) is 17.5.